The fourth-order valence-corrected chi connectivity index (χ4v) is 8.76. The Kier molecular flexibility index (Phi) is 6.63. The van der Waals surface area contributed by atoms with Crippen molar-refractivity contribution < 1.29 is 13.6 Å². The first-order valence-electron chi connectivity index (χ1n) is 13.9. The van der Waals surface area contributed by atoms with Crippen LogP contribution in [-0.4, -0.2) is 28.5 Å². The Hall–Kier alpha value is -0.916. The number of aryl methyl sites for hydroxylation is 1. The molecule has 196 valence electrons. The molecule has 5 heteroatoms. The second-order valence-electron chi connectivity index (χ2n) is 15.1. The average Bonchev–Trinajstić information content (AvgIpc) is 2.96. The van der Waals surface area contributed by atoms with Crippen molar-refractivity contribution in [3.8, 4) is 5.75 Å². The van der Waals surface area contributed by atoms with Crippen LogP contribution in [0.4, 0.5) is 0 Å². The van der Waals surface area contributed by atoms with E-state index in [0.29, 0.717) is 23.5 Å². The molecule has 0 amide bonds. The molecule has 2 fully saturated rings. The third kappa shape index (κ3) is 4.63. The molecule has 1 aromatic carbocycles. The van der Waals surface area contributed by atoms with Crippen molar-refractivity contribution in [3.05, 3.63) is 29.3 Å². The molecular formula is C30H50O3Si2. The lowest BCUT2D eigenvalue weighted by atomic mass is 9.55. The SMILES string of the molecule is CC(C)(C)[Si](C)(C)Oc1ccc2c(c1)CC[C@@H]1[C@@H]2CC[C@]2(C)C(=O)C(O[Si](C)(C)C(C)(C)C)C[C@@H]12. The van der Waals surface area contributed by atoms with E-state index < -0.39 is 16.6 Å². The summed E-state index contributed by atoms with van der Waals surface area (Å²) in [6.07, 6.45) is 5.11. The molecule has 0 spiro atoms. The molecule has 4 rings (SSSR count). The van der Waals surface area contributed by atoms with Gasteiger partial charge in [0.2, 0.25) is 8.32 Å². The second kappa shape index (κ2) is 8.56. The maximum Gasteiger partial charge on any atom is 0.250 e. The molecular weight excluding hydrogens is 464 g/mol. The highest BCUT2D eigenvalue weighted by Crippen LogP contribution is 2.60. The highest BCUT2D eigenvalue weighted by atomic mass is 28.4. The predicted molar refractivity (Wildman–Crippen MR) is 151 cm³/mol. The van der Waals surface area contributed by atoms with E-state index in [9.17, 15) is 4.79 Å². The molecule has 1 aromatic rings. The molecule has 5 atom stereocenters. The fourth-order valence-electron chi connectivity index (χ4n) is 6.47. The highest BCUT2D eigenvalue weighted by molar-refractivity contribution is 6.75. The van der Waals surface area contributed by atoms with Gasteiger partial charge in [-0.2, -0.15) is 0 Å². The molecule has 0 N–H and O–H groups in total. The van der Waals surface area contributed by atoms with Crippen molar-refractivity contribution >= 4 is 22.4 Å². The molecule has 3 aliphatic rings. The van der Waals surface area contributed by atoms with E-state index in [1.807, 2.05) is 0 Å². The van der Waals surface area contributed by atoms with Gasteiger partial charge in [0.25, 0.3) is 0 Å². The summed E-state index contributed by atoms with van der Waals surface area (Å²) < 4.78 is 13.4. The standard InChI is InChI=1S/C30H50O3Si2/c1-28(2,3)34(8,9)32-21-13-15-22-20(18-21)12-14-24-23(22)16-17-30(7)25(24)19-26(27(30)31)33-35(10,11)29(4,5)6/h13,15,18,23-26H,12,14,16-17,19H2,1-11H3/t23-,24-,25+,26?,30+/m1/s1. The van der Waals surface area contributed by atoms with Crippen LogP contribution >= 0.6 is 0 Å². The fraction of sp³-hybridized carbons (Fsp3) is 0.767. The van der Waals surface area contributed by atoms with Crippen molar-refractivity contribution in [1.29, 1.82) is 0 Å². The minimum absolute atomic E-state index is 0.123. The van der Waals surface area contributed by atoms with Crippen LogP contribution in [0.3, 0.4) is 0 Å². The van der Waals surface area contributed by atoms with E-state index in [0.717, 1.165) is 31.4 Å². The van der Waals surface area contributed by atoms with E-state index in [4.69, 9.17) is 8.85 Å². The van der Waals surface area contributed by atoms with Gasteiger partial charge in [0, 0.05) is 5.41 Å². The molecule has 0 aliphatic heterocycles. The maximum absolute atomic E-state index is 13.7. The lowest BCUT2D eigenvalue weighted by Crippen LogP contribution is -2.46. The molecule has 1 unspecified atom stereocenters. The molecule has 0 bridgehead atoms. The van der Waals surface area contributed by atoms with Crippen LogP contribution in [-0.2, 0) is 15.6 Å². The van der Waals surface area contributed by atoms with Gasteiger partial charge in [0.1, 0.15) is 11.9 Å². The number of fused-ring (bicyclic) bond motifs is 5. The summed E-state index contributed by atoms with van der Waals surface area (Å²) in [5.74, 6) is 3.05. The Morgan fingerprint density at radius 1 is 0.943 bits per heavy atom. The van der Waals surface area contributed by atoms with Gasteiger partial charge in [0.05, 0.1) is 0 Å². The Balaban J connectivity index is 1.55. The number of rotatable bonds is 4. The second-order valence-corrected chi connectivity index (χ2v) is 24.5. The largest absolute Gasteiger partial charge is 0.543 e. The number of hydrogen-bond acceptors (Lipinski definition) is 3. The summed E-state index contributed by atoms with van der Waals surface area (Å²) in [4.78, 5) is 13.7. The van der Waals surface area contributed by atoms with Gasteiger partial charge >= 0.3 is 0 Å². The Morgan fingerprint density at radius 3 is 2.17 bits per heavy atom. The first-order valence-corrected chi connectivity index (χ1v) is 19.7. The van der Waals surface area contributed by atoms with Gasteiger partial charge in [-0.3, -0.25) is 4.79 Å². The Labute approximate surface area is 217 Å². The first-order chi connectivity index (χ1) is 15.9. The lowest BCUT2D eigenvalue weighted by Gasteiger charge is -2.48. The van der Waals surface area contributed by atoms with Crippen LogP contribution in [0.15, 0.2) is 18.2 Å². The van der Waals surface area contributed by atoms with Crippen molar-refractivity contribution in [2.24, 2.45) is 17.3 Å². The summed E-state index contributed by atoms with van der Waals surface area (Å²) in [6.45, 7) is 25.2. The number of hydrogen-bond donors (Lipinski definition) is 0. The third-order valence-electron chi connectivity index (χ3n) is 10.8. The summed E-state index contributed by atoms with van der Waals surface area (Å²) in [7, 11) is -3.83. The normalized spacial score (nSPS) is 31.6. The van der Waals surface area contributed by atoms with E-state index in [2.05, 4.69) is 92.9 Å². The first kappa shape index (κ1) is 27.1. The molecule has 2 saturated carbocycles. The smallest absolute Gasteiger partial charge is 0.250 e. The van der Waals surface area contributed by atoms with Gasteiger partial charge in [-0.15, -0.1) is 0 Å². The van der Waals surface area contributed by atoms with Crippen molar-refractivity contribution in [2.45, 2.75) is 129 Å². The van der Waals surface area contributed by atoms with E-state index in [1.54, 1.807) is 0 Å². The summed E-state index contributed by atoms with van der Waals surface area (Å²) in [6, 6.07) is 6.92. The van der Waals surface area contributed by atoms with Crippen molar-refractivity contribution in [3.63, 3.8) is 0 Å². The van der Waals surface area contributed by atoms with E-state index in [-0.39, 0.29) is 21.6 Å². The van der Waals surface area contributed by atoms with Crippen LogP contribution in [0.2, 0.25) is 36.3 Å². The van der Waals surface area contributed by atoms with Crippen LogP contribution in [0.5, 0.6) is 5.75 Å². The van der Waals surface area contributed by atoms with Gasteiger partial charge in [0.15, 0.2) is 14.1 Å². The maximum atomic E-state index is 13.7. The monoisotopic (exact) mass is 514 g/mol. The zero-order valence-electron chi connectivity index (χ0n) is 24.3. The van der Waals surface area contributed by atoms with Crippen LogP contribution in [0, 0.1) is 17.3 Å². The van der Waals surface area contributed by atoms with Crippen LogP contribution in [0.25, 0.3) is 0 Å². The topological polar surface area (TPSA) is 35.5 Å². The minimum atomic E-state index is -1.98. The number of carbonyl (C=O) groups is 1. The molecule has 0 radical (unpaired) electrons. The summed E-state index contributed by atoms with van der Waals surface area (Å²) in [5, 5.41) is 0.318. The lowest BCUT2D eigenvalue weighted by molar-refractivity contribution is -0.134. The highest BCUT2D eigenvalue weighted by Gasteiger charge is 2.59. The predicted octanol–water partition coefficient (Wildman–Crippen LogP) is 8.50. The summed E-state index contributed by atoms with van der Waals surface area (Å²) in [5.41, 5.74) is 2.79. The molecule has 0 aromatic heterocycles. The molecule has 0 saturated heterocycles. The number of carbonyl (C=O) groups excluding carboxylic acids is 1. The Bertz CT molecular complexity index is 984. The minimum Gasteiger partial charge on any atom is -0.543 e. The molecule has 35 heavy (non-hydrogen) atoms. The van der Waals surface area contributed by atoms with Gasteiger partial charge in [-0.05, 0) is 109 Å². The third-order valence-corrected chi connectivity index (χ3v) is 19.7. The average molecular weight is 515 g/mol. The quantitative estimate of drug-likeness (QED) is 0.378. The number of ketones is 1. The molecule has 3 nitrogen and oxygen atoms in total. The molecule has 3 aliphatic carbocycles. The summed E-state index contributed by atoms with van der Waals surface area (Å²) >= 11 is 0. The number of Topliss-reactive ketones (excluding diaryl/α,β-unsaturated/α-hetero) is 1. The van der Waals surface area contributed by atoms with Gasteiger partial charge < -0.3 is 8.85 Å². The van der Waals surface area contributed by atoms with Crippen LogP contribution in [0.1, 0.15) is 91.2 Å². The zero-order valence-corrected chi connectivity index (χ0v) is 26.3. The van der Waals surface area contributed by atoms with Gasteiger partial charge in [-0.1, -0.05) is 54.5 Å². The number of benzene rings is 1. The molecule has 0 heterocycles. The van der Waals surface area contributed by atoms with Crippen LogP contribution < -0.4 is 4.43 Å². The van der Waals surface area contributed by atoms with E-state index in [1.165, 1.54) is 17.5 Å². The van der Waals surface area contributed by atoms with E-state index >= 15 is 0 Å². The zero-order chi connectivity index (χ0) is 26.2. The van der Waals surface area contributed by atoms with Crippen molar-refractivity contribution in [2.75, 3.05) is 0 Å². The van der Waals surface area contributed by atoms with Gasteiger partial charge in [-0.25, -0.2) is 0 Å². The van der Waals surface area contributed by atoms with Crippen molar-refractivity contribution in [1.82, 2.24) is 0 Å². The Morgan fingerprint density at radius 2 is 1.57 bits per heavy atom.